The van der Waals surface area contributed by atoms with Crippen LogP contribution in [-0.2, 0) is 0 Å². The molecule has 1 heterocycles. The fourth-order valence-electron chi connectivity index (χ4n) is 1.02. The summed E-state index contributed by atoms with van der Waals surface area (Å²) in [5, 5.41) is 0. The van der Waals surface area contributed by atoms with Crippen LogP contribution in [-0.4, -0.2) is 23.7 Å². The average molecular weight is 249 g/mol. The maximum atomic E-state index is 11.9. The fourth-order valence-corrected chi connectivity index (χ4v) is 1.02. The number of pyridine rings is 1. The number of anilines is 1. The lowest BCUT2D eigenvalue weighted by molar-refractivity contribution is -0.139. The standard InChI is InChI=1S/C9H10F3N3O2/c10-9(11,12)1-2-17-8-6(7(14)16)3-5(13)4-15-8/h3-4H,1-2,13H2,(H2,14,16). The first-order chi connectivity index (χ1) is 7.79. The summed E-state index contributed by atoms with van der Waals surface area (Å²) in [5.41, 5.74) is 10.4. The number of rotatable bonds is 4. The number of alkyl halides is 3. The molecule has 0 radical (unpaired) electrons. The van der Waals surface area contributed by atoms with E-state index in [9.17, 15) is 18.0 Å². The molecule has 0 unspecified atom stereocenters. The summed E-state index contributed by atoms with van der Waals surface area (Å²) in [6.45, 7) is -0.638. The van der Waals surface area contributed by atoms with Gasteiger partial charge in [0.25, 0.3) is 5.91 Å². The summed E-state index contributed by atoms with van der Waals surface area (Å²) in [4.78, 5) is 14.6. The highest BCUT2D eigenvalue weighted by molar-refractivity contribution is 5.95. The molecule has 0 aromatic carbocycles. The summed E-state index contributed by atoms with van der Waals surface area (Å²) in [6.07, 6.45) is -4.31. The lowest BCUT2D eigenvalue weighted by atomic mass is 10.2. The molecule has 8 heteroatoms. The van der Waals surface area contributed by atoms with Crippen LogP contribution in [0.15, 0.2) is 12.3 Å². The second-order valence-corrected chi connectivity index (χ2v) is 3.20. The first-order valence-corrected chi connectivity index (χ1v) is 4.54. The molecule has 0 atom stereocenters. The number of nitrogens with zero attached hydrogens (tertiary/aromatic N) is 1. The molecule has 1 amide bonds. The highest BCUT2D eigenvalue weighted by Gasteiger charge is 2.27. The van der Waals surface area contributed by atoms with E-state index in [0.29, 0.717) is 0 Å². The molecule has 94 valence electrons. The van der Waals surface area contributed by atoms with Crippen LogP contribution >= 0.6 is 0 Å². The van der Waals surface area contributed by atoms with E-state index in [0.717, 1.165) is 6.20 Å². The summed E-state index contributed by atoms with van der Waals surface area (Å²) < 4.78 is 40.4. The number of hydrogen-bond donors (Lipinski definition) is 2. The van der Waals surface area contributed by atoms with Gasteiger partial charge in [0.15, 0.2) is 0 Å². The van der Waals surface area contributed by atoms with Gasteiger partial charge in [-0.05, 0) is 6.07 Å². The summed E-state index contributed by atoms with van der Waals surface area (Å²) in [5.74, 6) is -1.12. The first-order valence-electron chi connectivity index (χ1n) is 4.54. The van der Waals surface area contributed by atoms with Gasteiger partial charge in [-0.1, -0.05) is 0 Å². The molecular formula is C9H10F3N3O2. The fraction of sp³-hybridized carbons (Fsp3) is 0.333. The Hall–Kier alpha value is -1.99. The number of aromatic nitrogens is 1. The smallest absolute Gasteiger partial charge is 0.392 e. The third-order valence-electron chi connectivity index (χ3n) is 1.76. The van der Waals surface area contributed by atoms with Crippen molar-refractivity contribution < 1.29 is 22.7 Å². The SMILES string of the molecule is NC(=O)c1cc(N)cnc1OCCC(F)(F)F. The van der Waals surface area contributed by atoms with E-state index in [1.54, 1.807) is 0 Å². The normalized spacial score (nSPS) is 11.2. The number of carbonyl (C=O) groups excluding carboxylic acids is 1. The van der Waals surface area contributed by atoms with Crippen LogP contribution in [0.3, 0.4) is 0 Å². The Balaban J connectivity index is 2.74. The van der Waals surface area contributed by atoms with E-state index < -0.39 is 25.1 Å². The molecule has 5 nitrogen and oxygen atoms in total. The number of ether oxygens (including phenoxy) is 1. The Morgan fingerprint density at radius 2 is 2.12 bits per heavy atom. The predicted octanol–water partition coefficient (Wildman–Crippen LogP) is 1.09. The molecule has 0 saturated carbocycles. The molecule has 0 saturated heterocycles. The molecule has 0 aliphatic rings. The molecule has 0 aliphatic carbocycles. The van der Waals surface area contributed by atoms with Gasteiger partial charge >= 0.3 is 6.18 Å². The van der Waals surface area contributed by atoms with Crippen molar-refractivity contribution in [2.75, 3.05) is 12.3 Å². The third kappa shape index (κ3) is 4.17. The van der Waals surface area contributed by atoms with E-state index in [2.05, 4.69) is 4.98 Å². The second-order valence-electron chi connectivity index (χ2n) is 3.20. The maximum absolute atomic E-state index is 11.9. The van der Waals surface area contributed by atoms with Crippen LogP contribution in [0, 0.1) is 0 Å². The zero-order valence-electron chi connectivity index (χ0n) is 8.62. The Kier molecular flexibility index (Phi) is 3.77. The largest absolute Gasteiger partial charge is 0.477 e. The van der Waals surface area contributed by atoms with Crippen molar-refractivity contribution in [3.05, 3.63) is 17.8 Å². The summed E-state index contributed by atoms with van der Waals surface area (Å²) in [6, 6.07) is 1.19. The summed E-state index contributed by atoms with van der Waals surface area (Å²) in [7, 11) is 0. The average Bonchev–Trinajstić information content (AvgIpc) is 2.18. The Bertz CT molecular complexity index is 420. The van der Waals surface area contributed by atoms with Gasteiger partial charge in [-0.25, -0.2) is 4.98 Å². The molecular weight excluding hydrogens is 239 g/mol. The molecule has 17 heavy (non-hydrogen) atoms. The zero-order chi connectivity index (χ0) is 13.1. The maximum Gasteiger partial charge on any atom is 0.392 e. The van der Waals surface area contributed by atoms with Crippen LogP contribution in [0.4, 0.5) is 18.9 Å². The molecule has 0 bridgehead atoms. The van der Waals surface area contributed by atoms with Crippen molar-refractivity contribution in [2.24, 2.45) is 5.73 Å². The Morgan fingerprint density at radius 3 is 2.65 bits per heavy atom. The van der Waals surface area contributed by atoms with Crippen molar-refractivity contribution in [1.82, 2.24) is 4.98 Å². The molecule has 0 fully saturated rings. The van der Waals surface area contributed by atoms with Crippen LogP contribution in [0.2, 0.25) is 0 Å². The number of nitrogen functional groups attached to an aromatic ring is 1. The lowest BCUT2D eigenvalue weighted by Gasteiger charge is -2.10. The molecule has 1 aromatic rings. The molecule has 0 aliphatic heterocycles. The van der Waals surface area contributed by atoms with Crippen molar-refractivity contribution >= 4 is 11.6 Å². The van der Waals surface area contributed by atoms with E-state index in [1.165, 1.54) is 6.07 Å². The van der Waals surface area contributed by atoms with Crippen LogP contribution in [0.25, 0.3) is 0 Å². The number of carbonyl (C=O) groups is 1. The van der Waals surface area contributed by atoms with Gasteiger partial charge in [-0.2, -0.15) is 13.2 Å². The zero-order valence-corrected chi connectivity index (χ0v) is 8.62. The number of amides is 1. The van der Waals surface area contributed by atoms with Crippen molar-refractivity contribution in [2.45, 2.75) is 12.6 Å². The van der Waals surface area contributed by atoms with E-state index in [1.807, 2.05) is 0 Å². The molecule has 0 spiro atoms. The van der Waals surface area contributed by atoms with Gasteiger partial charge in [0.05, 0.1) is 24.9 Å². The highest BCUT2D eigenvalue weighted by Crippen LogP contribution is 2.21. The number of nitrogens with two attached hydrogens (primary N) is 2. The minimum absolute atomic E-state index is 0.146. The minimum atomic E-state index is -4.33. The van der Waals surface area contributed by atoms with Crippen LogP contribution < -0.4 is 16.2 Å². The second kappa shape index (κ2) is 4.89. The van der Waals surface area contributed by atoms with Gasteiger partial charge in [-0.15, -0.1) is 0 Å². The number of primary amides is 1. The quantitative estimate of drug-likeness (QED) is 0.835. The van der Waals surface area contributed by atoms with Gasteiger partial charge in [0, 0.05) is 0 Å². The molecule has 1 rings (SSSR count). The van der Waals surface area contributed by atoms with Gasteiger partial charge in [0.2, 0.25) is 5.88 Å². The van der Waals surface area contributed by atoms with E-state index >= 15 is 0 Å². The van der Waals surface area contributed by atoms with E-state index in [4.69, 9.17) is 16.2 Å². The number of hydrogen-bond acceptors (Lipinski definition) is 4. The van der Waals surface area contributed by atoms with Crippen molar-refractivity contribution in [3.8, 4) is 5.88 Å². The monoisotopic (exact) mass is 249 g/mol. The van der Waals surface area contributed by atoms with Crippen molar-refractivity contribution in [3.63, 3.8) is 0 Å². The predicted molar refractivity (Wildman–Crippen MR) is 53.3 cm³/mol. The molecule has 1 aromatic heterocycles. The third-order valence-corrected chi connectivity index (χ3v) is 1.76. The summed E-state index contributed by atoms with van der Waals surface area (Å²) >= 11 is 0. The highest BCUT2D eigenvalue weighted by atomic mass is 19.4. The van der Waals surface area contributed by atoms with Crippen molar-refractivity contribution in [1.29, 1.82) is 0 Å². The minimum Gasteiger partial charge on any atom is -0.477 e. The lowest BCUT2D eigenvalue weighted by Crippen LogP contribution is -2.17. The Labute approximate surface area is 94.6 Å². The first kappa shape index (κ1) is 13.1. The van der Waals surface area contributed by atoms with E-state index in [-0.39, 0.29) is 17.1 Å². The van der Waals surface area contributed by atoms with Gasteiger partial charge < -0.3 is 16.2 Å². The Morgan fingerprint density at radius 1 is 1.47 bits per heavy atom. The van der Waals surface area contributed by atoms with Crippen LogP contribution in [0.5, 0.6) is 5.88 Å². The topological polar surface area (TPSA) is 91.2 Å². The molecule has 4 N–H and O–H groups in total. The van der Waals surface area contributed by atoms with Gasteiger partial charge in [-0.3, -0.25) is 4.79 Å². The van der Waals surface area contributed by atoms with Crippen LogP contribution in [0.1, 0.15) is 16.8 Å². The number of halogens is 3. The van der Waals surface area contributed by atoms with Gasteiger partial charge in [0.1, 0.15) is 5.56 Å².